The van der Waals surface area contributed by atoms with Gasteiger partial charge in [0.25, 0.3) is 0 Å². The quantitative estimate of drug-likeness (QED) is 0.767. The number of hydrogen-bond donors (Lipinski definition) is 1. The zero-order valence-corrected chi connectivity index (χ0v) is 14.9. The lowest BCUT2D eigenvalue weighted by Gasteiger charge is -2.28. The van der Waals surface area contributed by atoms with Crippen LogP contribution in [-0.4, -0.2) is 22.9 Å². The van der Waals surface area contributed by atoms with Crippen LogP contribution < -0.4 is 5.32 Å². The second-order valence-electron chi connectivity index (χ2n) is 6.96. The lowest BCUT2D eigenvalue weighted by molar-refractivity contribution is -0.124. The molecule has 1 amide bonds. The van der Waals surface area contributed by atoms with E-state index >= 15 is 0 Å². The van der Waals surface area contributed by atoms with E-state index in [2.05, 4.69) is 11.4 Å². The molecule has 1 saturated carbocycles. The molecule has 1 N–H and O–H groups in total. The molecule has 0 atom stereocenters. The van der Waals surface area contributed by atoms with E-state index in [4.69, 9.17) is 8.83 Å². The first-order valence-corrected chi connectivity index (χ1v) is 9.18. The van der Waals surface area contributed by atoms with Gasteiger partial charge in [0.15, 0.2) is 0 Å². The van der Waals surface area contributed by atoms with Gasteiger partial charge in [0.1, 0.15) is 17.1 Å². The fraction of sp³-hybridized carbons (Fsp3) is 0.500. The fourth-order valence-electron chi connectivity index (χ4n) is 3.52. The van der Waals surface area contributed by atoms with E-state index in [0.717, 1.165) is 50.0 Å². The molecule has 0 aromatic carbocycles. The molecule has 0 radical (unpaired) electrons. The van der Waals surface area contributed by atoms with Crippen molar-refractivity contribution in [3.05, 3.63) is 48.3 Å². The van der Waals surface area contributed by atoms with E-state index < -0.39 is 5.54 Å². The van der Waals surface area contributed by atoms with Gasteiger partial charge in [-0.15, -0.1) is 0 Å². The minimum atomic E-state index is -0.728. The van der Waals surface area contributed by atoms with Crippen molar-refractivity contribution in [3.63, 3.8) is 0 Å². The van der Waals surface area contributed by atoms with Crippen molar-refractivity contribution in [1.29, 1.82) is 5.26 Å². The Morgan fingerprint density at radius 2 is 1.65 bits per heavy atom. The van der Waals surface area contributed by atoms with Crippen LogP contribution in [0.3, 0.4) is 0 Å². The molecule has 3 rings (SSSR count). The predicted molar refractivity (Wildman–Crippen MR) is 95.7 cm³/mol. The third kappa shape index (κ3) is 4.99. The smallest absolute Gasteiger partial charge is 0.235 e. The van der Waals surface area contributed by atoms with Gasteiger partial charge in [-0.3, -0.25) is 9.69 Å². The Balaban J connectivity index is 1.64. The lowest BCUT2D eigenvalue weighted by Crippen LogP contribution is -2.50. The number of furan rings is 2. The highest BCUT2D eigenvalue weighted by Crippen LogP contribution is 2.26. The molecular formula is C20H25N3O3. The van der Waals surface area contributed by atoms with Gasteiger partial charge in [-0.1, -0.05) is 25.7 Å². The highest BCUT2D eigenvalue weighted by atomic mass is 16.3. The number of carbonyl (C=O) groups excluding carboxylic acids is 1. The van der Waals surface area contributed by atoms with Gasteiger partial charge in [0.05, 0.1) is 38.2 Å². The number of hydrogen-bond acceptors (Lipinski definition) is 5. The number of nitrogens with one attached hydrogen (secondary N) is 1. The fourth-order valence-corrected chi connectivity index (χ4v) is 3.52. The Bertz CT molecular complexity index is 672. The topological polar surface area (TPSA) is 82.4 Å². The molecule has 26 heavy (non-hydrogen) atoms. The van der Waals surface area contributed by atoms with Crippen LogP contribution in [0.15, 0.2) is 45.6 Å². The van der Waals surface area contributed by atoms with Gasteiger partial charge >= 0.3 is 0 Å². The minimum Gasteiger partial charge on any atom is -0.468 e. The Morgan fingerprint density at radius 3 is 2.12 bits per heavy atom. The Hall–Kier alpha value is -2.52. The highest BCUT2D eigenvalue weighted by Gasteiger charge is 2.32. The van der Waals surface area contributed by atoms with E-state index in [9.17, 15) is 10.1 Å². The average Bonchev–Trinajstić information content (AvgIpc) is 3.27. The van der Waals surface area contributed by atoms with Crippen LogP contribution in [0.25, 0.3) is 0 Å². The lowest BCUT2D eigenvalue weighted by atomic mass is 9.92. The summed E-state index contributed by atoms with van der Waals surface area (Å²) in [5.74, 6) is 1.44. The summed E-state index contributed by atoms with van der Waals surface area (Å²) in [6.07, 6.45) is 8.92. The predicted octanol–water partition coefficient (Wildman–Crippen LogP) is 3.61. The SMILES string of the molecule is N#CC1(NC(=O)CN(Cc2ccco2)Cc2ccco2)CCCCCC1. The van der Waals surface area contributed by atoms with E-state index in [1.165, 1.54) is 0 Å². The maximum atomic E-state index is 12.7. The molecule has 0 aliphatic heterocycles. The van der Waals surface area contributed by atoms with Crippen molar-refractivity contribution in [2.24, 2.45) is 0 Å². The number of amides is 1. The van der Waals surface area contributed by atoms with Crippen LogP contribution >= 0.6 is 0 Å². The van der Waals surface area contributed by atoms with Crippen LogP contribution in [0.2, 0.25) is 0 Å². The monoisotopic (exact) mass is 355 g/mol. The van der Waals surface area contributed by atoms with E-state index in [1.807, 2.05) is 29.2 Å². The van der Waals surface area contributed by atoms with Crippen molar-refractivity contribution >= 4 is 5.91 Å². The largest absolute Gasteiger partial charge is 0.468 e. The molecule has 0 saturated heterocycles. The molecule has 6 heteroatoms. The number of carbonyl (C=O) groups is 1. The second-order valence-corrected chi connectivity index (χ2v) is 6.96. The third-order valence-electron chi connectivity index (χ3n) is 4.84. The zero-order valence-electron chi connectivity index (χ0n) is 14.9. The van der Waals surface area contributed by atoms with Crippen molar-refractivity contribution in [1.82, 2.24) is 10.2 Å². The van der Waals surface area contributed by atoms with Crippen LogP contribution in [-0.2, 0) is 17.9 Å². The number of rotatable bonds is 7. The van der Waals surface area contributed by atoms with Crippen LogP contribution in [0.1, 0.15) is 50.0 Å². The normalized spacial score (nSPS) is 16.8. The maximum Gasteiger partial charge on any atom is 0.235 e. The Kier molecular flexibility index (Phi) is 6.13. The molecule has 6 nitrogen and oxygen atoms in total. The zero-order chi connectivity index (χ0) is 18.2. The van der Waals surface area contributed by atoms with Crippen molar-refractivity contribution in [2.75, 3.05) is 6.54 Å². The van der Waals surface area contributed by atoms with Gasteiger partial charge < -0.3 is 14.2 Å². The summed E-state index contributed by atoms with van der Waals surface area (Å²) < 4.78 is 10.8. The molecule has 138 valence electrons. The molecule has 0 bridgehead atoms. The summed E-state index contributed by atoms with van der Waals surface area (Å²) in [6.45, 7) is 1.19. The molecule has 2 heterocycles. The molecule has 1 fully saturated rings. The van der Waals surface area contributed by atoms with Gasteiger partial charge in [0.2, 0.25) is 5.91 Å². The summed E-state index contributed by atoms with van der Waals surface area (Å²) in [6, 6.07) is 9.79. The summed E-state index contributed by atoms with van der Waals surface area (Å²) >= 11 is 0. The summed E-state index contributed by atoms with van der Waals surface area (Å²) in [4.78, 5) is 14.6. The molecule has 2 aromatic heterocycles. The summed E-state index contributed by atoms with van der Waals surface area (Å²) in [7, 11) is 0. The standard InChI is InChI=1S/C20H25N3O3/c21-16-20(9-3-1-2-4-10-20)22-19(24)15-23(13-17-7-5-11-25-17)14-18-8-6-12-26-18/h5-8,11-12H,1-4,9-10,13-15H2,(H,22,24). The third-order valence-corrected chi connectivity index (χ3v) is 4.84. The highest BCUT2D eigenvalue weighted by molar-refractivity contribution is 5.79. The average molecular weight is 355 g/mol. The van der Waals surface area contributed by atoms with E-state index in [0.29, 0.717) is 13.1 Å². The van der Waals surface area contributed by atoms with Gasteiger partial charge in [0, 0.05) is 0 Å². The van der Waals surface area contributed by atoms with E-state index in [-0.39, 0.29) is 12.5 Å². The number of nitrogens with zero attached hydrogens (tertiary/aromatic N) is 2. The van der Waals surface area contributed by atoms with Gasteiger partial charge in [-0.2, -0.15) is 5.26 Å². The van der Waals surface area contributed by atoms with Crippen molar-refractivity contribution in [3.8, 4) is 6.07 Å². The molecule has 0 spiro atoms. The minimum absolute atomic E-state index is 0.133. The molecule has 1 aliphatic rings. The molecule has 0 unspecified atom stereocenters. The van der Waals surface area contributed by atoms with Gasteiger partial charge in [-0.05, 0) is 37.1 Å². The molecule has 2 aromatic rings. The van der Waals surface area contributed by atoms with Crippen LogP contribution in [0.5, 0.6) is 0 Å². The van der Waals surface area contributed by atoms with E-state index in [1.54, 1.807) is 12.5 Å². The first-order chi connectivity index (χ1) is 12.7. The summed E-state index contributed by atoms with van der Waals surface area (Å²) in [5, 5.41) is 12.7. The second kappa shape index (κ2) is 8.72. The molecule has 1 aliphatic carbocycles. The van der Waals surface area contributed by atoms with Crippen LogP contribution in [0, 0.1) is 11.3 Å². The Morgan fingerprint density at radius 1 is 1.08 bits per heavy atom. The Labute approximate surface area is 153 Å². The maximum absolute atomic E-state index is 12.7. The van der Waals surface area contributed by atoms with Crippen molar-refractivity contribution < 1.29 is 13.6 Å². The molecular weight excluding hydrogens is 330 g/mol. The summed E-state index contributed by atoms with van der Waals surface area (Å²) in [5.41, 5.74) is -0.728. The van der Waals surface area contributed by atoms with Crippen LogP contribution in [0.4, 0.5) is 0 Å². The van der Waals surface area contributed by atoms with Crippen molar-refractivity contribution in [2.45, 2.75) is 57.2 Å². The van der Waals surface area contributed by atoms with Gasteiger partial charge in [-0.25, -0.2) is 0 Å². The first kappa shape index (κ1) is 18.3. The first-order valence-electron chi connectivity index (χ1n) is 9.18. The number of nitriles is 1.